The molecule has 1 aliphatic rings. The van der Waals surface area contributed by atoms with E-state index in [0.717, 1.165) is 56.6 Å². The third kappa shape index (κ3) is 2.88. The van der Waals surface area contributed by atoms with Gasteiger partial charge in [-0.3, -0.25) is 4.79 Å². The zero-order valence-corrected chi connectivity index (χ0v) is 10.9. The second kappa shape index (κ2) is 5.66. The molecule has 1 saturated heterocycles. The third-order valence-electron chi connectivity index (χ3n) is 2.97. The van der Waals surface area contributed by atoms with E-state index in [1.54, 1.807) is 4.90 Å². The summed E-state index contributed by atoms with van der Waals surface area (Å²) in [5.41, 5.74) is 0. The predicted molar refractivity (Wildman–Crippen MR) is 70.8 cm³/mol. The molecule has 1 aliphatic heterocycles. The van der Waals surface area contributed by atoms with Crippen LogP contribution >= 0.6 is 0 Å². The molecule has 2 heterocycles. The Morgan fingerprint density at radius 3 is 2.67 bits per heavy atom. The highest BCUT2D eigenvalue weighted by molar-refractivity contribution is 5.52. The zero-order chi connectivity index (χ0) is 13.0. The molecule has 1 N–H and O–H groups in total. The molecule has 0 bridgehead atoms. The van der Waals surface area contributed by atoms with E-state index in [1.165, 1.54) is 0 Å². The maximum Gasteiger partial charge on any atom is 0.209 e. The monoisotopic (exact) mass is 249 g/mol. The number of aromatic nitrogens is 2. The number of piperazine rings is 1. The van der Waals surface area contributed by atoms with Crippen LogP contribution in [0.3, 0.4) is 0 Å². The molecule has 2 rings (SSSR count). The highest BCUT2D eigenvalue weighted by atomic mass is 16.1. The van der Waals surface area contributed by atoms with Crippen LogP contribution in [0, 0.1) is 6.92 Å². The van der Waals surface area contributed by atoms with Gasteiger partial charge in [0.25, 0.3) is 0 Å². The van der Waals surface area contributed by atoms with E-state index >= 15 is 0 Å². The van der Waals surface area contributed by atoms with Gasteiger partial charge in [0, 0.05) is 38.8 Å². The lowest BCUT2D eigenvalue weighted by molar-refractivity contribution is -0.118. The number of hydrogen-bond acceptors (Lipinski definition) is 5. The molecule has 0 radical (unpaired) electrons. The van der Waals surface area contributed by atoms with Crippen molar-refractivity contribution in [2.45, 2.75) is 13.8 Å². The topological polar surface area (TPSA) is 61.4 Å². The Morgan fingerprint density at radius 1 is 1.33 bits per heavy atom. The van der Waals surface area contributed by atoms with Crippen LogP contribution in [-0.2, 0) is 4.79 Å². The molecular formula is C12H19N5O. The summed E-state index contributed by atoms with van der Waals surface area (Å²) in [5.74, 6) is 2.56. The Balaban J connectivity index is 2.10. The number of carbonyl (C=O) groups excluding carboxylic acids is 1. The van der Waals surface area contributed by atoms with E-state index in [-0.39, 0.29) is 0 Å². The highest BCUT2D eigenvalue weighted by Gasteiger charge is 2.17. The van der Waals surface area contributed by atoms with Crippen molar-refractivity contribution in [3.63, 3.8) is 0 Å². The quantitative estimate of drug-likeness (QED) is 0.787. The summed E-state index contributed by atoms with van der Waals surface area (Å²) in [7, 11) is 0. The van der Waals surface area contributed by atoms with Crippen molar-refractivity contribution in [1.29, 1.82) is 0 Å². The normalized spacial score (nSPS) is 15.7. The van der Waals surface area contributed by atoms with Crippen LogP contribution in [0.15, 0.2) is 6.07 Å². The van der Waals surface area contributed by atoms with Gasteiger partial charge in [-0.05, 0) is 13.8 Å². The zero-order valence-electron chi connectivity index (χ0n) is 10.9. The number of nitrogens with one attached hydrogen (secondary N) is 1. The van der Waals surface area contributed by atoms with E-state index in [1.807, 2.05) is 19.9 Å². The summed E-state index contributed by atoms with van der Waals surface area (Å²) in [5, 5.41) is 3.20. The lowest BCUT2D eigenvalue weighted by Gasteiger charge is -2.33. The van der Waals surface area contributed by atoms with Gasteiger partial charge >= 0.3 is 0 Å². The fourth-order valence-electron chi connectivity index (χ4n) is 2.04. The number of nitrogens with zero attached hydrogens (tertiary/aromatic N) is 4. The van der Waals surface area contributed by atoms with E-state index in [4.69, 9.17) is 0 Å². The van der Waals surface area contributed by atoms with Crippen LogP contribution in [-0.4, -0.2) is 54.0 Å². The molecule has 0 spiro atoms. The summed E-state index contributed by atoms with van der Waals surface area (Å²) in [6.07, 6.45) is 0.909. The van der Waals surface area contributed by atoms with Crippen LogP contribution in [0.5, 0.6) is 0 Å². The molecule has 0 saturated carbocycles. The average Bonchev–Trinajstić information content (AvgIpc) is 2.38. The largest absolute Gasteiger partial charge is 0.370 e. The van der Waals surface area contributed by atoms with Crippen LogP contribution in [0.25, 0.3) is 0 Å². The number of carbonyl (C=O) groups is 1. The Morgan fingerprint density at radius 2 is 2.06 bits per heavy atom. The Bertz CT molecular complexity index is 415. The Kier molecular flexibility index (Phi) is 3.96. The van der Waals surface area contributed by atoms with Crippen molar-refractivity contribution in [3.05, 3.63) is 11.9 Å². The number of anilines is 2. The first-order chi connectivity index (χ1) is 8.72. The molecule has 1 amide bonds. The molecule has 1 aromatic heterocycles. The van der Waals surface area contributed by atoms with Gasteiger partial charge in [0.05, 0.1) is 0 Å². The smallest absolute Gasteiger partial charge is 0.209 e. The van der Waals surface area contributed by atoms with Crippen LogP contribution in [0.4, 0.5) is 11.6 Å². The molecule has 0 aromatic carbocycles. The molecule has 6 nitrogen and oxygen atoms in total. The summed E-state index contributed by atoms with van der Waals surface area (Å²) in [6.45, 7) is 7.93. The Hall–Kier alpha value is -1.85. The standard InChI is InChI=1S/C12H19N5O/c1-3-13-11-8-12(15-10(2)14-11)17-6-4-16(9-18)5-7-17/h8-9H,3-7H2,1-2H3,(H,13,14,15). The fraction of sp³-hybridized carbons (Fsp3) is 0.583. The first-order valence-electron chi connectivity index (χ1n) is 6.26. The van der Waals surface area contributed by atoms with E-state index < -0.39 is 0 Å². The molecule has 1 aromatic rings. The van der Waals surface area contributed by atoms with Gasteiger partial charge in [0.1, 0.15) is 17.5 Å². The van der Waals surface area contributed by atoms with Crippen LogP contribution < -0.4 is 10.2 Å². The molecule has 6 heteroatoms. The molecular weight excluding hydrogens is 230 g/mol. The van der Waals surface area contributed by atoms with Gasteiger partial charge in [-0.25, -0.2) is 9.97 Å². The van der Waals surface area contributed by atoms with E-state index in [2.05, 4.69) is 20.2 Å². The first kappa shape index (κ1) is 12.6. The number of amides is 1. The third-order valence-corrected chi connectivity index (χ3v) is 2.97. The second-order valence-electron chi connectivity index (χ2n) is 4.32. The molecule has 1 fully saturated rings. The van der Waals surface area contributed by atoms with Gasteiger partial charge in [0.15, 0.2) is 0 Å². The Labute approximate surface area is 107 Å². The minimum absolute atomic E-state index is 0.753. The fourth-order valence-corrected chi connectivity index (χ4v) is 2.04. The van der Waals surface area contributed by atoms with Crippen molar-refractivity contribution in [1.82, 2.24) is 14.9 Å². The van der Waals surface area contributed by atoms with Gasteiger partial charge < -0.3 is 15.1 Å². The average molecular weight is 249 g/mol. The lowest BCUT2D eigenvalue weighted by atomic mass is 10.3. The molecule has 0 unspecified atom stereocenters. The molecule has 0 aliphatic carbocycles. The summed E-state index contributed by atoms with van der Waals surface area (Å²) in [4.78, 5) is 23.4. The van der Waals surface area contributed by atoms with Gasteiger partial charge in [-0.2, -0.15) is 0 Å². The van der Waals surface area contributed by atoms with Crippen molar-refractivity contribution in [3.8, 4) is 0 Å². The predicted octanol–water partition coefficient (Wildman–Crippen LogP) is 0.495. The van der Waals surface area contributed by atoms with Gasteiger partial charge in [-0.1, -0.05) is 0 Å². The summed E-state index contributed by atoms with van der Waals surface area (Å²) in [6, 6.07) is 1.97. The summed E-state index contributed by atoms with van der Waals surface area (Å²) >= 11 is 0. The molecule has 18 heavy (non-hydrogen) atoms. The highest BCUT2D eigenvalue weighted by Crippen LogP contribution is 2.17. The number of hydrogen-bond donors (Lipinski definition) is 1. The first-order valence-corrected chi connectivity index (χ1v) is 6.26. The van der Waals surface area contributed by atoms with Gasteiger partial charge in [0.2, 0.25) is 6.41 Å². The number of rotatable bonds is 4. The minimum atomic E-state index is 0.753. The van der Waals surface area contributed by atoms with Crippen LogP contribution in [0.2, 0.25) is 0 Å². The maximum atomic E-state index is 10.7. The van der Waals surface area contributed by atoms with Crippen molar-refractivity contribution >= 4 is 18.0 Å². The van der Waals surface area contributed by atoms with Crippen molar-refractivity contribution in [2.75, 3.05) is 42.9 Å². The number of aryl methyl sites for hydroxylation is 1. The minimum Gasteiger partial charge on any atom is -0.370 e. The van der Waals surface area contributed by atoms with E-state index in [0.29, 0.717) is 0 Å². The molecule has 98 valence electrons. The van der Waals surface area contributed by atoms with Crippen LogP contribution in [0.1, 0.15) is 12.7 Å². The lowest BCUT2D eigenvalue weighted by Crippen LogP contribution is -2.46. The second-order valence-corrected chi connectivity index (χ2v) is 4.32. The SMILES string of the molecule is CCNc1cc(N2CCN(C=O)CC2)nc(C)n1. The van der Waals surface area contributed by atoms with Crippen molar-refractivity contribution < 1.29 is 4.79 Å². The van der Waals surface area contributed by atoms with Gasteiger partial charge in [-0.15, -0.1) is 0 Å². The van der Waals surface area contributed by atoms with Crippen molar-refractivity contribution in [2.24, 2.45) is 0 Å². The van der Waals surface area contributed by atoms with E-state index in [9.17, 15) is 4.79 Å². The maximum absolute atomic E-state index is 10.7. The molecule has 0 atom stereocenters. The summed E-state index contributed by atoms with van der Waals surface area (Å²) < 4.78 is 0.